The van der Waals surface area contributed by atoms with E-state index in [-0.39, 0.29) is 11.8 Å². The number of nitrogens with one attached hydrogen (secondary N) is 2. The lowest BCUT2D eigenvalue weighted by molar-refractivity contribution is -0.122. The Labute approximate surface area is 118 Å². The Bertz CT molecular complexity index is 466. The Kier molecular flexibility index (Phi) is 5.83. The van der Waals surface area contributed by atoms with Gasteiger partial charge in [0.2, 0.25) is 5.91 Å². The number of methoxy groups -OCH3 is 2. The first-order valence-electron chi connectivity index (χ1n) is 6.33. The Morgan fingerprint density at radius 3 is 2.15 bits per heavy atom. The van der Waals surface area contributed by atoms with E-state index >= 15 is 0 Å². The third-order valence-corrected chi connectivity index (χ3v) is 2.71. The first kappa shape index (κ1) is 15.8. The summed E-state index contributed by atoms with van der Waals surface area (Å²) in [7, 11) is 3.02. The first-order valence-corrected chi connectivity index (χ1v) is 6.33. The van der Waals surface area contributed by atoms with Gasteiger partial charge in [-0.05, 0) is 26.0 Å². The molecule has 0 heterocycles. The van der Waals surface area contributed by atoms with Crippen molar-refractivity contribution in [2.75, 3.05) is 20.8 Å². The monoisotopic (exact) mass is 280 g/mol. The molecule has 2 amide bonds. The zero-order chi connectivity index (χ0) is 15.1. The molecule has 0 aromatic heterocycles. The van der Waals surface area contributed by atoms with Crippen LogP contribution in [-0.4, -0.2) is 38.6 Å². The normalized spacial score (nSPS) is 11.4. The fourth-order valence-electron chi connectivity index (χ4n) is 1.61. The topological polar surface area (TPSA) is 76.7 Å². The van der Waals surface area contributed by atoms with Gasteiger partial charge in [0.15, 0.2) is 0 Å². The molecule has 0 aliphatic heterocycles. The van der Waals surface area contributed by atoms with Crippen LogP contribution in [0, 0.1) is 0 Å². The van der Waals surface area contributed by atoms with Crippen LogP contribution >= 0.6 is 0 Å². The van der Waals surface area contributed by atoms with Crippen LogP contribution in [0.2, 0.25) is 0 Å². The molecule has 1 unspecified atom stereocenters. The lowest BCUT2D eigenvalue weighted by atomic mass is 10.1. The third-order valence-electron chi connectivity index (χ3n) is 2.71. The second-order valence-electron chi connectivity index (χ2n) is 4.19. The van der Waals surface area contributed by atoms with Crippen molar-refractivity contribution in [2.45, 2.75) is 19.9 Å². The molecule has 1 aromatic rings. The maximum Gasteiger partial charge on any atom is 0.252 e. The fourth-order valence-corrected chi connectivity index (χ4v) is 1.61. The van der Waals surface area contributed by atoms with Crippen LogP contribution in [-0.2, 0) is 4.79 Å². The second kappa shape index (κ2) is 7.37. The second-order valence-corrected chi connectivity index (χ2v) is 4.19. The highest BCUT2D eigenvalue weighted by molar-refractivity contribution is 5.98. The fraction of sp³-hybridized carbons (Fsp3) is 0.429. The molecule has 20 heavy (non-hydrogen) atoms. The molecule has 0 saturated heterocycles. The summed E-state index contributed by atoms with van der Waals surface area (Å²) in [4.78, 5) is 23.7. The van der Waals surface area contributed by atoms with Crippen LogP contribution < -0.4 is 20.1 Å². The molecule has 0 fully saturated rings. The molecule has 6 heteroatoms. The Morgan fingerprint density at radius 1 is 1.15 bits per heavy atom. The quantitative estimate of drug-likeness (QED) is 0.813. The van der Waals surface area contributed by atoms with Crippen LogP contribution in [0.5, 0.6) is 11.5 Å². The molecular formula is C14H20N2O4. The molecule has 2 N–H and O–H groups in total. The van der Waals surface area contributed by atoms with Gasteiger partial charge in [0, 0.05) is 18.2 Å². The lowest BCUT2D eigenvalue weighted by Gasteiger charge is -2.14. The van der Waals surface area contributed by atoms with Gasteiger partial charge in [-0.2, -0.15) is 0 Å². The summed E-state index contributed by atoms with van der Waals surface area (Å²) >= 11 is 0. The minimum Gasteiger partial charge on any atom is -0.497 e. The van der Waals surface area contributed by atoms with Crippen LogP contribution in [0.25, 0.3) is 0 Å². The average molecular weight is 280 g/mol. The van der Waals surface area contributed by atoms with Gasteiger partial charge in [-0.3, -0.25) is 9.59 Å². The largest absolute Gasteiger partial charge is 0.497 e. The van der Waals surface area contributed by atoms with Crippen molar-refractivity contribution in [3.05, 3.63) is 23.8 Å². The van der Waals surface area contributed by atoms with Gasteiger partial charge in [0.1, 0.15) is 17.5 Å². The third kappa shape index (κ3) is 4.15. The number of rotatable bonds is 6. The van der Waals surface area contributed by atoms with E-state index in [9.17, 15) is 9.59 Å². The van der Waals surface area contributed by atoms with E-state index in [0.29, 0.717) is 23.6 Å². The van der Waals surface area contributed by atoms with Crippen LogP contribution in [0.1, 0.15) is 24.2 Å². The van der Waals surface area contributed by atoms with E-state index in [4.69, 9.17) is 9.47 Å². The van der Waals surface area contributed by atoms with E-state index in [1.165, 1.54) is 14.2 Å². The molecular weight excluding hydrogens is 260 g/mol. The maximum atomic E-state index is 12.1. The SMILES string of the molecule is CCNC(=O)C(C)NC(=O)c1cc(OC)cc(OC)c1. The number of likely N-dealkylation sites (N-methyl/N-ethyl adjacent to an activating group) is 1. The van der Waals surface area contributed by atoms with E-state index in [1.54, 1.807) is 25.1 Å². The molecule has 6 nitrogen and oxygen atoms in total. The molecule has 0 saturated carbocycles. The number of carbonyl (C=O) groups excluding carboxylic acids is 2. The van der Waals surface area contributed by atoms with Gasteiger partial charge in [-0.1, -0.05) is 0 Å². The van der Waals surface area contributed by atoms with Gasteiger partial charge < -0.3 is 20.1 Å². The number of carbonyl (C=O) groups is 2. The van der Waals surface area contributed by atoms with Crippen molar-refractivity contribution in [1.29, 1.82) is 0 Å². The summed E-state index contributed by atoms with van der Waals surface area (Å²) in [5.74, 6) is 0.442. The van der Waals surface area contributed by atoms with Gasteiger partial charge in [0.05, 0.1) is 14.2 Å². The highest BCUT2D eigenvalue weighted by atomic mass is 16.5. The van der Waals surface area contributed by atoms with E-state index in [2.05, 4.69) is 10.6 Å². The summed E-state index contributed by atoms with van der Waals surface area (Å²) in [6.07, 6.45) is 0. The average Bonchev–Trinajstić information content (AvgIpc) is 2.46. The van der Waals surface area contributed by atoms with Crippen molar-refractivity contribution in [3.63, 3.8) is 0 Å². The van der Waals surface area contributed by atoms with Crippen molar-refractivity contribution in [1.82, 2.24) is 10.6 Å². The molecule has 0 aliphatic rings. The summed E-state index contributed by atoms with van der Waals surface area (Å²) in [6, 6.07) is 4.23. The molecule has 0 spiro atoms. The number of amides is 2. The van der Waals surface area contributed by atoms with Gasteiger partial charge >= 0.3 is 0 Å². The van der Waals surface area contributed by atoms with Crippen molar-refractivity contribution in [2.24, 2.45) is 0 Å². The molecule has 110 valence electrons. The molecule has 1 atom stereocenters. The summed E-state index contributed by atoms with van der Waals surface area (Å²) in [5, 5.41) is 5.27. The summed E-state index contributed by atoms with van der Waals surface area (Å²) in [5.41, 5.74) is 0.373. The smallest absolute Gasteiger partial charge is 0.252 e. The van der Waals surface area contributed by atoms with E-state index in [0.717, 1.165) is 0 Å². The zero-order valence-electron chi connectivity index (χ0n) is 12.1. The maximum absolute atomic E-state index is 12.1. The molecule has 0 bridgehead atoms. The minimum absolute atomic E-state index is 0.226. The van der Waals surface area contributed by atoms with Gasteiger partial charge in [-0.15, -0.1) is 0 Å². The number of hydrogen-bond acceptors (Lipinski definition) is 4. The Hall–Kier alpha value is -2.24. The van der Waals surface area contributed by atoms with E-state index in [1.807, 2.05) is 6.92 Å². The number of hydrogen-bond donors (Lipinski definition) is 2. The van der Waals surface area contributed by atoms with Crippen molar-refractivity contribution < 1.29 is 19.1 Å². The Balaban J connectivity index is 2.84. The number of ether oxygens (including phenoxy) is 2. The van der Waals surface area contributed by atoms with Crippen LogP contribution in [0.15, 0.2) is 18.2 Å². The molecule has 1 rings (SSSR count). The predicted molar refractivity (Wildman–Crippen MR) is 75.2 cm³/mol. The Morgan fingerprint density at radius 2 is 1.70 bits per heavy atom. The molecule has 0 aliphatic carbocycles. The zero-order valence-corrected chi connectivity index (χ0v) is 12.1. The van der Waals surface area contributed by atoms with Crippen molar-refractivity contribution in [3.8, 4) is 11.5 Å². The molecule has 0 radical (unpaired) electrons. The van der Waals surface area contributed by atoms with Crippen LogP contribution in [0.3, 0.4) is 0 Å². The predicted octanol–water partition coefficient (Wildman–Crippen LogP) is 0.958. The first-order chi connectivity index (χ1) is 9.51. The minimum atomic E-state index is -0.611. The number of benzene rings is 1. The van der Waals surface area contributed by atoms with Gasteiger partial charge in [-0.25, -0.2) is 0 Å². The highest BCUT2D eigenvalue weighted by Gasteiger charge is 2.17. The van der Waals surface area contributed by atoms with Crippen LogP contribution in [0.4, 0.5) is 0 Å². The summed E-state index contributed by atoms with van der Waals surface area (Å²) < 4.78 is 10.2. The van der Waals surface area contributed by atoms with Crippen molar-refractivity contribution >= 4 is 11.8 Å². The molecule has 1 aromatic carbocycles. The van der Waals surface area contributed by atoms with E-state index < -0.39 is 6.04 Å². The summed E-state index contributed by atoms with van der Waals surface area (Å²) in [6.45, 7) is 3.96. The lowest BCUT2D eigenvalue weighted by Crippen LogP contribution is -2.44. The standard InChI is InChI=1S/C14H20N2O4/c1-5-15-13(17)9(2)16-14(18)10-6-11(19-3)8-12(7-10)20-4/h6-9H,5H2,1-4H3,(H,15,17)(H,16,18). The highest BCUT2D eigenvalue weighted by Crippen LogP contribution is 2.22. The van der Waals surface area contributed by atoms with Gasteiger partial charge in [0.25, 0.3) is 5.91 Å².